The molecule has 0 aliphatic heterocycles. The summed E-state index contributed by atoms with van der Waals surface area (Å²) in [6.07, 6.45) is 1.67. The third-order valence-electron chi connectivity index (χ3n) is 2.46. The molecule has 0 heterocycles. The topological polar surface area (TPSA) is 17.1 Å². The SMILES string of the molecule is CC1(C)[C@H](C=C(Cl)Cl)[C@H]1C(=O)Cl. The van der Waals surface area contributed by atoms with E-state index in [1.165, 1.54) is 0 Å². The van der Waals surface area contributed by atoms with Crippen molar-refractivity contribution >= 4 is 40.0 Å². The first-order chi connectivity index (χ1) is 5.37. The van der Waals surface area contributed by atoms with Gasteiger partial charge in [0.25, 0.3) is 0 Å². The molecule has 0 aromatic rings. The first-order valence-corrected chi connectivity index (χ1v) is 4.73. The molecule has 0 saturated heterocycles. The fourth-order valence-electron chi connectivity index (χ4n) is 1.56. The maximum Gasteiger partial charge on any atom is 0.225 e. The lowest BCUT2D eigenvalue weighted by Gasteiger charge is -1.96. The third-order valence-corrected chi connectivity index (χ3v) is 2.95. The summed E-state index contributed by atoms with van der Waals surface area (Å²) in [6, 6.07) is 0. The summed E-state index contributed by atoms with van der Waals surface area (Å²) in [5.74, 6) is -0.0424. The first-order valence-electron chi connectivity index (χ1n) is 3.59. The molecule has 1 aliphatic carbocycles. The van der Waals surface area contributed by atoms with Gasteiger partial charge in [0.15, 0.2) is 0 Å². The number of carbonyl (C=O) groups excluding carboxylic acids is 1. The Labute approximate surface area is 86.7 Å². The monoisotopic (exact) mass is 226 g/mol. The number of rotatable bonds is 2. The van der Waals surface area contributed by atoms with Crippen LogP contribution in [0.2, 0.25) is 0 Å². The Morgan fingerprint density at radius 1 is 1.33 bits per heavy atom. The van der Waals surface area contributed by atoms with Gasteiger partial charge in [0.2, 0.25) is 5.24 Å². The summed E-state index contributed by atoms with van der Waals surface area (Å²) in [5, 5.41) is -0.309. The number of carbonyl (C=O) groups is 1. The highest BCUT2D eigenvalue weighted by molar-refractivity contribution is 6.64. The van der Waals surface area contributed by atoms with E-state index < -0.39 is 0 Å². The Bertz CT molecular complexity index is 241. The summed E-state index contributed by atoms with van der Waals surface area (Å²) < 4.78 is 0.202. The lowest BCUT2D eigenvalue weighted by atomic mass is 10.1. The number of hydrogen-bond acceptors (Lipinski definition) is 1. The van der Waals surface area contributed by atoms with Crippen molar-refractivity contribution in [3.63, 3.8) is 0 Å². The molecule has 1 saturated carbocycles. The molecule has 68 valence electrons. The molecule has 0 radical (unpaired) electrons. The van der Waals surface area contributed by atoms with Crippen molar-refractivity contribution in [1.29, 1.82) is 0 Å². The zero-order valence-corrected chi connectivity index (χ0v) is 9.04. The van der Waals surface area contributed by atoms with E-state index in [9.17, 15) is 4.79 Å². The van der Waals surface area contributed by atoms with E-state index in [4.69, 9.17) is 34.8 Å². The third kappa shape index (κ3) is 1.78. The fourth-order valence-corrected chi connectivity index (χ4v) is 2.25. The quantitative estimate of drug-likeness (QED) is 0.661. The van der Waals surface area contributed by atoms with Crippen molar-refractivity contribution in [2.24, 2.45) is 17.3 Å². The smallest absolute Gasteiger partial charge is 0.225 e. The predicted molar refractivity (Wildman–Crippen MR) is 51.4 cm³/mol. The molecule has 0 spiro atoms. The minimum absolute atomic E-state index is 0.0894. The van der Waals surface area contributed by atoms with Gasteiger partial charge in [0, 0.05) is 5.92 Å². The zero-order valence-electron chi connectivity index (χ0n) is 6.77. The molecule has 1 rings (SSSR count). The van der Waals surface area contributed by atoms with Gasteiger partial charge in [0.1, 0.15) is 4.49 Å². The van der Waals surface area contributed by atoms with Crippen LogP contribution in [0.25, 0.3) is 0 Å². The Morgan fingerprint density at radius 2 is 1.83 bits per heavy atom. The van der Waals surface area contributed by atoms with E-state index in [1.807, 2.05) is 13.8 Å². The second-order valence-electron chi connectivity index (χ2n) is 3.59. The zero-order chi connectivity index (χ0) is 9.52. The highest BCUT2D eigenvalue weighted by atomic mass is 35.5. The number of hydrogen-bond donors (Lipinski definition) is 0. The van der Waals surface area contributed by atoms with Crippen LogP contribution in [0.1, 0.15) is 13.8 Å². The van der Waals surface area contributed by atoms with Gasteiger partial charge < -0.3 is 0 Å². The lowest BCUT2D eigenvalue weighted by Crippen LogP contribution is -1.96. The molecule has 1 aliphatic rings. The van der Waals surface area contributed by atoms with Crippen LogP contribution in [0, 0.1) is 17.3 Å². The Morgan fingerprint density at radius 3 is 2.08 bits per heavy atom. The van der Waals surface area contributed by atoms with Crippen LogP contribution in [0.4, 0.5) is 0 Å². The van der Waals surface area contributed by atoms with Gasteiger partial charge in [-0.15, -0.1) is 0 Å². The summed E-state index contributed by atoms with van der Waals surface area (Å²) >= 11 is 16.3. The normalized spacial score (nSPS) is 31.1. The standard InChI is InChI=1S/C8H9Cl3O/c1-8(2)4(3-5(9)10)6(8)7(11)12/h3-4,6H,1-2H3/t4-,6+/m1/s1. The Balaban J connectivity index is 2.73. The van der Waals surface area contributed by atoms with Gasteiger partial charge in [0.05, 0.1) is 0 Å². The molecule has 1 nitrogen and oxygen atoms in total. The van der Waals surface area contributed by atoms with Crippen molar-refractivity contribution in [3.8, 4) is 0 Å². The molecule has 0 bridgehead atoms. The second-order valence-corrected chi connectivity index (χ2v) is 4.97. The maximum atomic E-state index is 10.9. The van der Waals surface area contributed by atoms with Crippen LogP contribution in [0.3, 0.4) is 0 Å². The van der Waals surface area contributed by atoms with Crippen molar-refractivity contribution in [1.82, 2.24) is 0 Å². The van der Waals surface area contributed by atoms with E-state index in [0.717, 1.165) is 0 Å². The van der Waals surface area contributed by atoms with E-state index >= 15 is 0 Å². The average Bonchev–Trinajstić information content (AvgIpc) is 2.32. The molecule has 0 aromatic heterocycles. The van der Waals surface area contributed by atoms with Gasteiger partial charge in [-0.1, -0.05) is 37.0 Å². The summed E-state index contributed by atoms with van der Waals surface area (Å²) in [4.78, 5) is 10.9. The van der Waals surface area contributed by atoms with Gasteiger partial charge in [-0.05, 0) is 29.0 Å². The average molecular weight is 228 g/mol. The van der Waals surface area contributed by atoms with Crippen molar-refractivity contribution in [2.75, 3.05) is 0 Å². The Hall–Kier alpha value is 0.280. The molecule has 0 N–H and O–H groups in total. The molecule has 2 atom stereocenters. The van der Waals surface area contributed by atoms with E-state index in [2.05, 4.69) is 0 Å². The van der Waals surface area contributed by atoms with Crippen LogP contribution in [-0.2, 0) is 4.79 Å². The van der Waals surface area contributed by atoms with Crippen molar-refractivity contribution < 1.29 is 4.79 Å². The van der Waals surface area contributed by atoms with Gasteiger partial charge in [-0.3, -0.25) is 4.79 Å². The molecule has 12 heavy (non-hydrogen) atoms. The molecular formula is C8H9Cl3O. The molecule has 4 heteroatoms. The molecule has 0 amide bonds. The minimum Gasteiger partial charge on any atom is -0.281 e. The minimum atomic E-state index is -0.309. The summed E-state index contributed by atoms with van der Waals surface area (Å²) in [7, 11) is 0. The van der Waals surface area contributed by atoms with Gasteiger partial charge >= 0.3 is 0 Å². The molecule has 0 aromatic carbocycles. The highest BCUT2D eigenvalue weighted by Crippen LogP contribution is 2.60. The van der Waals surface area contributed by atoms with Crippen LogP contribution >= 0.6 is 34.8 Å². The van der Waals surface area contributed by atoms with E-state index in [-0.39, 0.29) is 27.0 Å². The molecular weight excluding hydrogens is 218 g/mol. The predicted octanol–water partition coefficient (Wildman–Crippen LogP) is 3.34. The summed E-state index contributed by atoms with van der Waals surface area (Å²) in [6.45, 7) is 3.94. The van der Waals surface area contributed by atoms with Crippen molar-refractivity contribution in [2.45, 2.75) is 13.8 Å². The van der Waals surface area contributed by atoms with Crippen LogP contribution in [0.5, 0.6) is 0 Å². The van der Waals surface area contributed by atoms with Crippen LogP contribution < -0.4 is 0 Å². The van der Waals surface area contributed by atoms with Crippen molar-refractivity contribution in [3.05, 3.63) is 10.6 Å². The van der Waals surface area contributed by atoms with E-state index in [0.29, 0.717) is 0 Å². The molecule has 0 unspecified atom stereocenters. The molecule has 1 fully saturated rings. The van der Waals surface area contributed by atoms with Gasteiger partial charge in [-0.2, -0.15) is 0 Å². The Kier molecular flexibility index (Phi) is 2.77. The van der Waals surface area contributed by atoms with Crippen LogP contribution in [0.15, 0.2) is 10.6 Å². The van der Waals surface area contributed by atoms with E-state index in [1.54, 1.807) is 6.08 Å². The van der Waals surface area contributed by atoms with Crippen LogP contribution in [-0.4, -0.2) is 5.24 Å². The first kappa shape index (κ1) is 10.4. The fraction of sp³-hybridized carbons (Fsp3) is 0.625. The lowest BCUT2D eigenvalue weighted by molar-refractivity contribution is -0.113. The maximum absolute atomic E-state index is 10.9. The number of allylic oxidation sites excluding steroid dienone is 1. The summed E-state index contributed by atoms with van der Waals surface area (Å²) in [5.41, 5.74) is -0.0894. The van der Waals surface area contributed by atoms with Gasteiger partial charge in [-0.25, -0.2) is 0 Å². The highest BCUT2D eigenvalue weighted by Gasteiger charge is 2.60. The largest absolute Gasteiger partial charge is 0.281 e. The number of halogens is 3. The second kappa shape index (κ2) is 3.21.